The molecule has 2 aromatic carbocycles. The number of benzene rings is 2. The van der Waals surface area contributed by atoms with Crippen LogP contribution in [0.2, 0.25) is 0 Å². The van der Waals surface area contributed by atoms with Gasteiger partial charge in [-0.2, -0.15) is 5.10 Å². The van der Waals surface area contributed by atoms with Gasteiger partial charge < -0.3 is 18.9 Å². The third-order valence-electron chi connectivity index (χ3n) is 4.34. The summed E-state index contributed by atoms with van der Waals surface area (Å²) < 4.78 is 22.0. The third kappa shape index (κ3) is 5.40. The molecule has 0 bridgehead atoms. The Hall–Kier alpha value is -3.22. The van der Waals surface area contributed by atoms with Crippen molar-refractivity contribution in [2.24, 2.45) is 5.10 Å². The number of carbonyl (C=O) groups excluding carboxylic acids is 1. The van der Waals surface area contributed by atoms with Gasteiger partial charge in [-0.05, 0) is 35.2 Å². The van der Waals surface area contributed by atoms with Gasteiger partial charge in [0.15, 0.2) is 18.1 Å². The van der Waals surface area contributed by atoms with Crippen molar-refractivity contribution in [3.8, 4) is 23.0 Å². The molecule has 29 heavy (non-hydrogen) atoms. The Labute approximate surface area is 170 Å². The molecule has 1 amide bonds. The van der Waals surface area contributed by atoms with Gasteiger partial charge in [-0.25, -0.2) is 5.43 Å². The van der Waals surface area contributed by atoms with Gasteiger partial charge in [-0.15, -0.1) is 0 Å². The van der Waals surface area contributed by atoms with Crippen molar-refractivity contribution in [1.82, 2.24) is 5.43 Å². The lowest BCUT2D eigenvalue weighted by Crippen LogP contribution is -2.24. The van der Waals surface area contributed by atoms with E-state index in [1.165, 1.54) is 11.8 Å². The van der Waals surface area contributed by atoms with E-state index in [0.717, 1.165) is 0 Å². The second-order valence-electron chi connectivity index (χ2n) is 7.60. The average Bonchev–Trinajstić information content (AvgIpc) is 2.71. The first kappa shape index (κ1) is 20.5. The lowest BCUT2D eigenvalue weighted by Gasteiger charge is -2.20. The van der Waals surface area contributed by atoms with E-state index in [0.29, 0.717) is 41.8 Å². The molecule has 7 heteroatoms. The van der Waals surface area contributed by atoms with Gasteiger partial charge in [-0.1, -0.05) is 32.9 Å². The highest BCUT2D eigenvalue weighted by Crippen LogP contribution is 2.39. The smallest absolute Gasteiger partial charge is 0.277 e. The van der Waals surface area contributed by atoms with E-state index in [1.807, 2.05) is 24.3 Å². The summed E-state index contributed by atoms with van der Waals surface area (Å²) in [5.41, 5.74) is 4.43. The highest BCUT2D eigenvalue weighted by Gasteiger charge is 2.18. The number of rotatable bonds is 6. The Kier molecular flexibility index (Phi) is 6.26. The van der Waals surface area contributed by atoms with Gasteiger partial charge >= 0.3 is 0 Å². The number of hydrazone groups is 1. The molecule has 0 unspecified atom stereocenters. The minimum absolute atomic E-state index is 0.0706. The van der Waals surface area contributed by atoms with Crippen LogP contribution in [-0.4, -0.2) is 39.1 Å². The van der Waals surface area contributed by atoms with Crippen LogP contribution >= 0.6 is 0 Å². The van der Waals surface area contributed by atoms with Crippen molar-refractivity contribution in [3.63, 3.8) is 0 Å². The van der Waals surface area contributed by atoms with Crippen molar-refractivity contribution in [1.29, 1.82) is 0 Å². The van der Waals surface area contributed by atoms with Gasteiger partial charge in [-0.3, -0.25) is 4.79 Å². The molecule has 3 rings (SSSR count). The fourth-order valence-electron chi connectivity index (χ4n) is 2.78. The van der Waals surface area contributed by atoms with Crippen LogP contribution in [0.15, 0.2) is 41.5 Å². The number of hydrogen-bond acceptors (Lipinski definition) is 6. The van der Waals surface area contributed by atoms with E-state index in [2.05, 4.69) is 31.3 Å². The minimum Gasteiger partial charge on any atom is -0.493 e. The van der Waals surface area contributed by atoms with Gasteiger partial charge in [0, 0.05) is 5.56 Å². The van der Waals surface area contributed by atoms with Crippen molar-refractivity contribution in [2.45, 2.75) is 26.2 Å². The molecule has 0 atom stereocenters. The second kappa shape index (κ2) is 8.86. The number of nitrogens with zero attached hydrogens (tertiary/aromatic N) is 1. The van der Waals surface area contributed by atoms with Crippen LogP contribution in [0.4, 0.5) is 0 Å². The first-order valence-corrected chi connectivity index (χ1v) is 9.39. The SMILES string of the molecule is COc1cc(/C=N\NC(=O)COc2ccc(C(C)(C)C)cc2)cc2c1OCCO2. The van der Waals surface area contributed by atoms with Crippen LogP contribution in [0, 0.1) is 0 Å². The Morgan fingerprint density at radius 1 is 1.17 bits per heavy atom. The molecule has 0 aromatic heterocycles. The highest BCUT2D eigenvalue weighted by atomic mass is 16.6. The van der Waals surface area contributed by atoms with Crippen molar-refractivity contribution >= 4 is 12.1 Å². The number of amides is 1. The van der Waals surface area contributed by atoms with Gasteiger partial charge in [0.2, 0.25) is 5.75 Å². The number of methoxy groups -OCH3 is 1. The highest BCUT2D eigenvalue weighted by molar-refractivity contribution is 5.84. The molecule has 0 spiro atoms. The predicted molar refractivity (Wildman–Crippen MR) is 110 cm³/mol. The third-order valence-corrected chi connectivity index (χ3v) is 4.34. The first-order chi connectivity index (χ1) is 13.9. The topological polar surface area (TPSA) is 78.4 Å². The summed E-state index contributed by atoms with van der Waals surface area (Å²) in [4.78, 5) is 12.0. The summed E-state index contributed by atoms with van der Waals surface area (Å²) >= 11 is 0. The summed E-state index contributed by atoms with van der Waals surface area (Å²) in [6, 6.07) is 11.3. The zero-order chi connectivity index (χ0) is 20.9. The van der Waals surface area contributed by atoms with E-state index in [9.17, 15) is 4.79 Å². The molecule has 0 fully saturated rings. The predicted octanol–water partition coefficient (Wildman–Crippen LogP) is 3.29. The zero-order valence-corrected chi connectivity index (χ0v) is 17.2. The van der Waals surface area contributed by atoms with Gasteiger partial charge in [0.05, 0.1) is 13.3 Å². The normalized spacial score (nSPS) is 13.2. The average molecular weight is 398 g/mol. The summed E-state index contributed by atoms with van der Waals surface area (Å²) in [6.45, 7) is 7.26. The molecule has 1 aliphatic heterocycles. The van der Waals surface area contributed by atoms with Crippen LogP contribution in [0.25, 0.3) is 0 Å². The lowest BCUT2D eigenvalue weighted by molar-refractivity contribution is -0.123. The molecule has 2 aromatic rings. The molecule has 0 radical (unpaired) electrons. The van der Waals surface area contributed by atoms with E-state index in [-0.39, 0.29) is 17.9 Å². The summed E-state index contributed by atoms with van der Waals surface area (Å²) in [7, 11) is 1.56. The van der Waals surface area contributed by atoms with E-state index < -0.39 is 0 Å². The zero-order valence-electron chi connectivity index (χ0n) is 17.2. The van der Waals surface area contributed by atoms with E-state index in [4.69, 9.17) is 18.9 Å². The number of carbonyl (C=O) groups is 1. The Bertz CT molecular complexity index is 868. The number of hydrogen-bond donors (Lipinski definition) is 1. The summed E-state index contributed by atoms with van der Waals surface area (Å²) in [5.74, 6) is 1.99. The molecule has 0 saturated carbocycles. The largest absolute Gasteiger partial charge is 0.493 e. The molecule has 1 N–H and O–H groups in total. The van der Waals surface area contributed by atoms with Crippen molar-refractivity contribution in [2.75, 3.05) is 26.9 Å². The van der Waals surface area contributed by atoms with E-state index in [1.54, 1.807) is 19.2 Å². The van der Waals surface area contributed by atoms with Crippen LogP contribution in [0.5, 0.6) is 23.0 Å². The fraction of sp³-hybridized carbons (Fsp3) is 0.364. The quantitative estimate of drug-likeness (QED) is 0.597. The fourth-order valence-corrected chi connectivity index (χ4v) is 2.78. The number of nitrogens with one attached hydrogen (secondary N) is 1. The van der Waals surface area contributed by atoms with Crippen LogP contribution in [0.1, 0.15) is 31.9 Å². The summed E-state index contributed by atoms with van der Waals surface area (Å²) in [5, 5.41) is 3.97. The molecular weight excluding hydrogens is 372 g/mol. The molecule has 1 heterocycles. The maximum absolute atomic E-state index is 12.0. The number of ether oxygens (including phenoxy) is 4. The van der Waals surface area contributed by atoms with Gasteiger partial charge in [0.25, 0.3) is 5.91 Å². The second-order valence-corrected chi connectivity index (χ2v) is 7.60. The van der Waals surface area contributed by atoms with Crippen LogP contribution < -0.4 is 24.4 Å². The molecule has 1 aliphatic rings. The molecule has 154 valence electrons. The van der Waals surface area contributed by atoms with Crippen LogP contribution in [-0.2, 0) is 10.2 Å². The molecule has 7 nitrogen and oxygen atoms in total. The Morgan fingerprint density at radius 2 is 1.90 bits per heavy atom. The first-order valence-electron chi connectivity index (χ1n) is 9.39. The maximum atomic E-state index is 12.0. The number of fused-ring (bicyclic) bond motifs is 1. The standard InChI is InChI=1S/C22H26N2O5/c1-22(2,3)16-5-7-17(8-6-16)29-14-20(25)24-23-13-15-11-18(26-4)21-19(12-15)27-9-10-28-21/h5-8,11-13H,9-10,14H2,1-4H3,(H,24,25)/b23-13-. The maximum Gasteiger partial charge on any atom is 0.277 e. The van der Waals surface area contributed by atoms with Crippen molar-refractivity contribution in [3.05, 3.63) is 47.5 Å². The van der Waals surface area contributed by atoms with Crippen molar-refractivity contribution < 1.29 is 23.7 Å². The molecular formula is C22H26N2O5. The Morgan fingerprint density at radius 3 is 2.59 bits per heavy atom. The van der Waals surface area contributed by atoms with E-state index >= 15 is 0 Å². The summed E-state index contributed by atoms with van der Waals surface area (Å²) in [6.07, 6.45) is 1.51. The Balaban J connectivity index is 1.53. The monoisotopic (exact) mass is 398 g/mol. The molecule has 0 aliphatic carbocycles. The van der Waals surface area contributed by atoms with Gasteiger partial charge in [0.1, 0.15) is 19.0 Å². The minimum atomic E-state index is -0.356. The van der Waals surface area contributed by atoms with Crippen LogP contribution in [0.3, 0.4) is 0 Å². The lowest BCUT2D eigenvalue weighted by atomic mass is 9.87. The molecule has 0 saturated heterocycles.